The van der Waals surface area contributed by atoms with Crippen molar-refractivity contribution < 1.29 is 19.2 Å². The maximum Gasteiger partial charge on any atom is 0.261 e. The summed E-state index contributed by atoms with van der Waals surface area (Å²) >= 11 is 0. The predicted octanol–water partition coefficient (Wildman–Crippen LogP) is 6.03. The highest BCUT2D eigenvalue weighted by molar-refractivity contribution is 6.23. The fourth-order valence-corrected chi connectivity index (χ4v) is 6.68. The van der Waals surface area contributed by atoms with E-state index in [1.165, 1.54) is 9.80 Å². The van der Waals surface area contributed by atoms with Crippen LogP contribution in [-0.4, -0.2) is 112 Å². The fourth-order valence-electron chi connectivity index (χ4n) is 6.68. The molecular formula is C40H68Cl6N8O4. The number of halogens is 6. The van der Waals surface area contributed by atoms with Crippen LogP contribution in [0.2, 0.25) is 0 Å². The first-order chi connectivity index (χ1) is 25.5. The van der Waals surface area contributed by atoms with Gasteiger partial charge in [-0.1, -0.05) is 12.1 Å². The van der Waals surface area contributed by atoms with Crippen LogP contribution in [0.25, 0.3) is 11.1 Å². The Hall–Kier alpha value is -1.78. The van der Waals surface area contributed by atoms with Crippen molar-refractivity contribution in [2.75, 3.05) is 78.5 Å². The molecule has 0 radical (unpaired) electrons. The van der Waals surface area contributed by atoms with Crippen LogP contribution in [0, 0.1) is 0 Å². The molecule has 0 saturated heterocycles. The van der Waals surface area contributed by atoms with Crippen LogP contribution in [0.3, 0.4) is 0 Å². The van der Waals surface area contributed by atoms with Gasteiger partial charge in [-0.05, 0) is 178 Å². The minimum atomic E-state index is -0.284. The second-order valence-corrected chi connectivity index (χ2v) is 13.9. The van der Waals surface area contributed by atoms with Crippen LogP contribution in [0.15, 0.2) is 36.4 Å². The molecule has 0 saturated carbocycles. The van der Waals surface area contributed by atoms with Crippen LogP contribution in [0.5, 0.6) is 0 Å². The molecule has 12 nitrogen and oxygen atoms in total. The molecule has 0 fully saturated rings. The number of nitrogens with one attached hydrogen (secondary N) is 4. The molecule has 2 aromatic rings. The Labute approximate surface area is 383 Å². The van der Waals surface area contributed by atoms with Crippen molar-refractivity contribution in [3.05, 3.63) is 58.7 Å². The number of fused-ring (bicyclic) bond motifs is 2. The quantitative estimate of drug-likeness (QED) is 0.0418. The molecule has 2 aliphatic rings. The summed E-state index contributed by atoms with van der Waals surface area (Å²) in [6, 6.07) is 10.5. The van der Waals surface area contributed by atoms with Crippen LogP contribution >= 0.6 is 74.4 Å². The molecule has 58 heavy (non-hydrogen) atoms. The monoisotopic (exact) mass is 934 g/mol. The molecule has 334 valence electrons. The van der Waals surface area contributed by atoms with E-state index in [1.807, 2.05) is 0 Å². The summed E-state index contributed by atoms with van der Waals surface area (Å²) in [6.07, 6.45) is 12.0. The zero-order chi connectivity index (χ0) is 37.0. The van der Waals surface area contributed by atoms with E-state index in [-0.39, 0.29) is 98.1 Å². The molecule has 0 atom stereocenters. The molecule has 2 aromatic carbocycles. The second kappa shape index (κ2) is 34.9. The van der Waals surface area contributed by atoms with Gasteiger partial charge in [-0.2, -0.15) is 0 Å². The highest BCUT2D eigenvalue weighted by atomic mass is 35.5. The number of rotatable bonds is 29. The van der Waals surface area contributed by atoms with E-state index < -0.39 is 0 Å². The number of benzene rings is 2. The average Bonchev–Trinajstić information content (AvgIpc) is 3.54. The van der Waals surface area contributed by atoms with Crippen LogP contribution in [0.4, 0.5) is 0 Å². The van der Waals surface area contributed by atoms with Crippen molar-refractivity contribution in [3.8, 4) is 11.1 Å². The van der Waals surface area contributed by atoms with Crippen molar-refractivity contribution in [2.45, 2.75) is 77.0 Å². The predicted molar refractivity (Wildman–Crippen MR) is 251 cm³/mol. The zero-order valence-corrected chi connectivity index (χ0v) is 38.5. The van der Waals surface area contributed by atoms with Gasteiger partial charge in [-0.3, -0.25) is 29.0 Å². The fraction of sp³-hybridized carbons (Fsp3) is 0.600. The average molecular weight is 938 g/mol. The van der Waals surface area contributed by atoms with E-state index in [4.69, 9.17) is 11.5 Å². The number of nitrogens with zero attached hydrogens (tertiary/aromatic N) is 2. The Morgan fingerprint density at radius 2 is 0.621 bits per heavy atom. The summed E-state index contributed by atoms with van der Waals surface area (Å²) in [5.41, 5.74) is 14.1. The minimum Gasteiger partial charge on any atom is -0.330 e. The minimum absolute atomic E-state index is 0. The van der Waals surface area contributed by atoms with E-state index in [2.05, 4.69) is 21.3 Å². The molecule has 4 amide bonds. The van der Waals surface area contributed by atoms with Gasteiger partial charge in [-0.25, -0.2) is 0 Å². The Morgan fingerprint density at radius 1 is 0.362 bits per heavy atom. The summed E-state index contributed by atoms with van der Waals surface area (Å²) in [5, 5.41) is 13.8. The van der Waals surface area contributed by atoms with E-state index in [1.54, 1.807) is 36.4 Å². The highest BCUT2D eigenvalue weighted by Crippen LogP contribution is 2.32. The van der Waals surface area contributed by atoms with E-state index in [0.29, 0.717) is 35.3 Å². The molecule has 8 N–H and O–H groups in total. The van der Waals surface area contributed by atoms with Crippen molar-refractivity contribution in [3.63, 3.8) is 0 Å². The van der Waals surface area contributed by atoms with Crippen molar-refractivity contribution in [2.24, 2.45) is 11.5 Å². The summed E-state index contributed by atoms with van der Waals surface area (Å²) in [6.45, 7) is 9.95. The van der Waals surface area contributed by atoms with Gasteiger partial charge in [0.2, 0.25) is 0 Å². The normalized spacial score (nSPS) is 12.4. The maximum atomic E-state index is 13.3. The lowest BCUT2D eigenvalue weighted by atomic mass is 9.97. The molecule has 18 heteroatoms. The molecule has 2 aliphatic heterocycles. The zero-order valence-electron chi connectivity index (χ0n) is 33.6. The summed E-state index contributed by atoms with van der Waals surface area (Å²) in [4.78, 5) is 55.4. The SMILES string of the molecule is Cl.Cl.Cl.Cl.Cl.Cl.NCCCCNCCCCNCCCCN1C(=O)c2ccc(-c3ccc4c(c3)C(=O)N(CCCCNCCCCNCCCCN)C4=O)cc2C1=O. The number of hydrogen-bond acceptors (Lipinski definition) is 10. The van der Waals surface area contributed by atoms with Gasteiger partial charge in [0.05, 0.1) is 22.3 Å². The molecular weight excluding hydrogens is 869 g/mol. The van der Waals surface area contributed by atoms with Crippen molar-refractivity contribution in [1.82, 2.24) is 31.1 Å². The summed E-state index contributed by atoms with van der Waals surface area (Å²) < 4.78 is 0. The Bertz CT molecular complexity index is 1370. The Morgan fingerprint density at radius 3 is 0.914 bits per heavy atom. The topological polar surface area (TPSA) is 175 Å². The van der Waals surface area contributed by atoms with E-state index in [0.717, 1.165) is 154 Å². The molecule has 0 spiro atoms. The lowest BCUT2D eigenvalue weighted by molar-refractivity contribution is 0.0636. The number of imide groups is 2. The second-order valence-electron chi connectivity index (χ2n) is 13.9. The lowest BCUT2D eigenvalue weighted by Crippen LogP contribution is -2.31. The van der Waals surface area contributed by atoms with Gasteiger partial charge in [0, 0.05) is 13.1 Å². The summed E-state index contributed by atoms with van der Waals surface area (Å²) in [5.74, 6) is -1.09. The van der Waals surface area contributed by atoms with Crippen LogP contribution < -0.4 is 32.7 Å². The number of unbranched alkanes of at least 4 members (excludes halogenated alkanes) is 6. The van der Waals surface area contributed by atoms with Crippen molar-refractivity contribution >= 4 is 98.1 Å². The Balaban J connectivity index is -0.00000504. The maximum absolute atomic E-state index is 13.3. The van der Waals surface area contributed by atoms with Gasteiger partial charge in [0.1, 0.15) is 0 Å². The third-order valence-electron chi connectivity index (χ3n) is 9.77. The van der Waals surface area contributed by atoms with Gasteiger partial charge in [0.25, 0.3) is 23.6 Å². The van der Waals surface area contributed by atoms with Gasteiger partial charge < -0.3 is 32.7 Å². The third kappa shape index (κ3) is 18.9. The number of amides is 4. The number of carbonyl (C=O) groups is 4. The molecule has 0 aliphatic carbocycles. The smallest absolute Gasteiger partial charge is 0.261 e. The summed E-state index contributed by atoms with van der Waals surface area (Å²) in [7, 11) is 0. The van der Waals surface area contributed by atoms with Crippen molar-refractivity contribution in [1.29, 1.82) is 0 Å². The standard InChI is InChI=1S/C40H62N8O4.6ClH/c41-17-1-3-19-43-21-5-7-23-45-25-9-11-27-47-37(49)33-15-13-31(29-35(33)39(47)51)32-14-16-34-36(30-32)40(52)48(38(34)50)28-12-10-26-46-24-8-6-22-44-20-4-2-18-42;;;;;;/h13-16,29-30,43-46H,1-12,17-28,41-42H2;6*1H. The Kier molecular flexibility index (Phi) is 36.4. The van der Waals surface area contributed by atoms with Gasteiger partial charge >= 0.3 is 0 Å². The third-order valence-corrected chi connectivity index (χ3v) is 9.77. The number of carbonyl (C=O) groups excluding carboxylic acids is 4. The van der Waals surface area contributed by atoms with Gasteiger partial charge in [-0.15, -0.1) is 74.4 Å². The number of hydrogen-bond donors (Lipinski definition) is 6. The van der Waals surface area contributed by atoms with Gasteiger partial charge in [0.15, 0.2) is 0 Å². The highest BCUT2D eigenvalue weighted by Gasteiger charge is 2.37. The first-order valence-corrected chi connectivity index (χ1v) is 19.7. The molecule has 2 heterocycles. The first-order valence-electron chi connectivity index (χ1n) is 19.7. The largest absolute Gasteiger partial charge is 0.330 e. The lowest BCUT2D eigenvalue weighted by Gasteiger charge is -2.13. The molecule has 4 rings (SSSR count). The van der Waals surface area contributed by atoms with E-state index in [9.17, 15) is 19.2 Å². The van der Waals surface area contributed by atoms with E-state index >= 15 is 0 Å². The number of nitrogens with two attached hydrogens (primary N) is 2. The first kappa shape index (κ1) is 60.5. The molecule has 0 bridgehead atoms. The molecule has 0 unspecified atom stereocenters. The van der Waals surface area contributed by atoms with Crippen LogP contribution in [0.1, 0.15) is 118 Å². The van der Waals surface area contributed by atoms with Crippen LogP contribution in [-0.2, 0) is 0 Å². The molecule has 0 aromatic heterocycles.